The van der Waals surface area contributed by atoms with Crippen molar-refractivity contribution in [1.82, 2.24) is 9.80 Å². The van der Waals surface area contributed by atoms with Crippen LogP contribution in [0.25, 0.3) is 0 Å². The molecule has 0 radical (unpaired) electrons. The predicted octanol–water partition coefficient (Wildman–Crippen LogP) is 0.651. The monoisotopic (exact) mass is 200 g/mol. The van der Waals surface area contributed by atoms with Gasteiger partial charge in [-0.1, -0.05) is 0 Å². The molecule has 0 N–H and O–H groups in total. The Morgan fingerprint density at radius 1 is 1.14 bits per heavy atom. The molecule has 1 unspecified atom stereocenters. The number of carbonyl (C=O) groups excluding carboxylic acids is 1. The van der Waals surface area contributed by atoms with E-state index in [0.29, 0.717) is 18.9 Å². The van der Waals surface area contributed by atoms with E-state index in [4.69, 9.17) is 0 Å². The van der Waals surface area contributed by atoms with E-state index in [-0.39, 0.29) is 0 Å². The van der Waals surface area contributed by atoms with E-state index in [9.17, 15) is 9.18 Å². The van der Waals surface area contributed by atoms with Crippen molar-refractivity contribution < 1.29 is 9.18 Å². The standard InChI is InChI=1S/C10H17FN2O/c11-9-1-5-13(6-2-9)10-3-4-12(7-10)8-14/h8-10H,1-7H2. The molecule has 3 nitrogen and oxygen atoms in total. The number of piperidine rings is 1. The zero-order valence-electron chi connectivity index (χ0n) is 8.36. The van der Waals surface area contributed by atoms with Gasteiger partial charge in [0.25, 0.3) is 0 Å². The van der Waals surface area contributed by atoms with Crippen LogP contribution >= 0.6 is 0 Å². The van der Waals surface area contributed by atoms with Gasteiger partial charge in [0, 0.05) is 32.2 Å². The number of carbonyl (C=O) groups is 1. The third-order valence-electron chi connectivity index (χ3n) is 3.32. The topological polar surface area (TPSA) is 23.6 Å². The summed E-state index contributed by atoms with van der Waals surface area (Å²) in [6.07, 6.45) is 2.70. The second-order valence-electron chi connectivity index (χ2n) is 4.25. The van der Waals surface area contributed by atoms with Crippen LogP contribution in [-0.4, -0.2) is 54.6 Å². The number of likely N-dealkylation sites (tertiary alicyclic amines) is 2. The van der Waals surface area contributed by atoms with Gasteiger partial charge in [-0.3, -0.25) is 9.69 Å². The smallest absolute Gasteiger partial charge is 0.209 e. The van der Waals surface area contributed by atoms with Crippen LogP contribution in [0.1, 0.15) is 19.3 Å². The highest BCUT2D eigenvalue weighted by atomic mass is 19.1. The quantitative estimate of drug-likeness (QED) is 0.611. The summed E-state index contributed by atoms with van der Waals surface area (Å²) in [6.45, 7) is 3.42. The molecule has 0 aromatic heterocycles. The van der Waals surface area contributed by atoms with Gasteiger partial charge in [0.15, 0.2) is 0 Å². The van der Waals surface area contributed by atoms with Crippen LogP contribution in [0, 0.1) is 0 Å². The maximum Gasteiger partial charge on any atom is 0.209 e. The largest absolute Gasteiger partial charge is 0.344 e. The van der Waals surface area contributed by atoms with Gasteiger partial charge in [-0.15, -0.1) is 0 Å². The van der Waals surface area contributed by atoms with E-state index in [1.165, 1.54) is 0 Å². The molecule has 2 saturated heterocycles. The molecule has 2 fully saturated rings. The van der Waals surface area contributed by atoms with Crippen molar-refractivity contribution >= 4 is 6.41 Å². The van der Waals surface area contributed by atoms with E-state index < -0.39 is 6.17 Å². The molecule has 1 atom stereocenters. The predicted molar refractivity (Wildman–Crippen MR) is 51.7 cm³/mol. The third-order valence-corrected chi connectivity index (χ3v) is 3.32. The molecule has 2 aliphatic heterocycles. The maximum absolute atomic E-state index is 12.9. The summed E-state index contributed by atoms with van der Waals surface area (Å²) in [5.74, 6) is 0. The van der Waals surface area contributed by atoms with Gasteiger partial charge < -0.3 is 4.90 Å². The first-order valence-electron chi connectivity index (χ1n) is 5.37. The number of halogens is 1. The Balaban J connectivity index is 1.82. The lowest BCUT2D eigenvalue weighted by Gasteiger charge is -2.33. The first-order chi connectivity index (χ1) is 6.79. The van der Waals surface area contributed by atoms with Gasteiger partial charge in [0.2, 0.25) is 6.41 Å². The van der Waals surface area contributed by atoms with Crippen LogP contribution in [-0.2, 0) is 4.79 Å². The highest BCUT2D eigenvalue weighted by Gasteiger charge is 2.29. The molecule has 2 heterocycles. The van der Waals surface area contributed by atoms with Crippen molar-refractivity contribution in [3.63, 3.8) is 0 Å². The molecule has 2 aliphatic rings. The molecule has 80 valence electrons. The van der Waals surface area contributed by atoms with Crippen LogP contribution in [0.5, 0.6) is 0 Å². The number of hydrogen-bond donors (Lipinski definition) is 0. The number of hydrogen-bond acceptors (Lipinski definition) is 2. The molecule has 0 aromatic rings. The van der Waals surface area contributed by atoms with E-state index in [1.807, 2.05) is 4.90 Å². The zero-order valence-corrected chi connectivity index (χ0v) is 8.36. The minimum Gasteiger partial charge on any atom is -0.344 e. The summed E-state index contributed by atoms with van der Waals surface area (Å²) >= 11 is 0. The summed E-state index contributed by atoms with van der Waals surface area (Å²) in [7, 11) is 0. The normalized spacial score (nSPS) is 30.9. The van der Waals surface area contributed by atoms with Crippen molar-refractivity contribution in [2.24, 2.45) is 0 Å². The Hall–Kier alpha value is -0.640. The van der Waals surface area contributed by atoms with E-state index in [2.05, 4.69) is 4.90 Å². The van der Waals surface area contributed by atoms with Crippen molar-refractivity contribution in [3.05, 3.63) is 0 Å². The minimum absolute atomic E-state index is 0.479. The number of rotatable bonds is 2. The molecule has 2 rings (SSSR count). The minimum atomic E-state index is -0.602. The lowest BCUT2D eigenvalue weighted by Crippen LogP contribution is -2.43. The summed E-state index contributed by atoms with van der Waals surface area (Å²) in [6, 6.07) is 0.479. The van der Waals surface area contributed by atoms with E-state index >= 15 is 0 Å². The van der Waals surface area contributed by atoms with Gasteiger partial charge in [-0.25, -0.2) is 4.39 Å². The Kier molecular flexibility index (Phi) is 3.01. The molecule has 0 aromatic carbocycles. The fourth-order valence-electron chi connectivity index (χ4n) is 2.39. The van der Waals surface area contributed by atoms with E-state index in [0.717, 1.165) is 39.0 Å². The number of nitrogens with zero attached hydrogens (tertiary/aromatic N) is 2. The fourth-order valence-corrected chi connectivity index (χ4v) is 2.39. The van der Waals surface area contributed by atoms with Crippen LogP contribution in [0.4, 0.5) is 4.39 Å². The first kappa shape index (κ1) is 9.90. The summed E-state index contributed by atoms with van der Waals surface area (Å²) in [4.78, 5) is 14.7. The summed E-state index contributed by atoms with van der Waals surface area (Å²) in [5, 5.41) is 0. The maximum atomic E-state index is 12.9. The lowest BCUT2D eigenvalue weighted by molar-refractivity contribution is -0.117. The van der Waals surface area contributed by atoms with Crippen molar-refractivity contribution in [2.45, 2.75) is 31.5 Å². The Morgan fingerprint density at radius 2 is 1.86 bits per heavy atom. The Morgan fingerprint density at radius 3 is 2.43 bits per heavy atom. The first-order valence-corrected chi connectivity index (χ1v) is 5.37. The van der Waals surface area contributed by atoms with E-state index in [1.54, 1.807) is 0 Å². The average Bonchev–Trinajstić information content (AvgIpc) is 2.67. The molecule has 0 saturated carbocycles. The fraction of sp³-hybridized carbons (Fsp3) is 0.900. The molecule has 14 heavy (non-hydrogen) atoms. The second kappa shape index (κ2) is 4.26. The molecule has 1 amide bonds. The number of amides is 1. The van der Waals surface area contributed by atoms with Gasteiger partial charge >= 0.3 is 0 Å². The summed E-state index contributed by atoms with van der Waals surface area (Å²) in [5.41, 5.74) is 0. The van der Waals surface area contributed by atoms with Crippen molar-refractivity contribution in [2.75, 3.05) is 26.2 Å². The van der Waals surface area contributed by atoms with Crippen molar-refractivity contribution in [1.29, 1.82) is 0 Å². The van der Waals surface area contributed by atoms with Crippen molar-refractivity contribution in [3.8, 4) is 0 Å². The van der Waals surface area contributed by atoms with Gasteiger partial charge in [-0.2, -0.15) is 0 Å². The zero-order chi connectivity index (χ0) is 9.97. The van der Waals surface area contributed by atoms with Gasteiger partial charge in [0.05, 0.1) is 0 Å². The van der Waals surface area contributed by atoms with Gasteiger partial charge in [0.1, 0.15) is 6.17 Å². The SMILES string of the molecule is O=CN1CCC(N2CCC(F)CC2)C1. The molecule has 4 heteroatoms. The second-order valence-corrected chi connectivity index (χ2v) is 4.25. The van der Waals surface area contributed by atoms with Crippen LogP contribution in [0.3, 0.4) is 0 Å². The highest BCUT2D eigenvalue weighted by molar-refractivity contribution is 5.47. The van der Waals surface area contributed by atoms with Crippen LogP contribution < -0.4 is 0 Å². The Labute approximate surface area is 83.9 Å². The molecule has 0 spiro atoms. The molecule has 0 bridgehead atoms. The Bertz CT molecular complexity index is 204. The summed E-state index contributed by atoms with van der Waals surface area (Å²) < 4.78 is 12.9. The number of alkyl halides is 1. The van der Waals surface area contributed by atoms with Crippen LogP contribution in [0.15, 0.2) is 0 Å². The van der Waals surface area contributed by atoms with Crippen LogP contribution in [0.2, 0.25) is 0 Å². The molecular weight excluding hydrogens is 183 g/mol. The molecule has 0 aliphatic carbocycles. The molecular formula is C10H17FN2O. The van der Waals surface area contributed by atoms with Gasteiger partial charge in [-0.05, 0) is 19.3 Å². The highest BCUT2D eigenvalue weighted by Crippen LogP contribution is 2.20. The third kappa shape index (κ3) is 2.05. The average molecular weight is 200 g/mol. The lowest BCUT2D eigenvalue weighted by atomic mass is 10.1.